The molecule has 0 unspecified atom stereocenters. The Bertz CT molecular complexity index is 841. The number of sulfonamides is 1. The Morgan fingerprint density at radius 3 is 2.48 bits per heavy atom. The molecule has 25 heavy (non-hydrogen) atoms. The van der Waals surface area contributed by atoms with Crippen LogP contribution in [0.5, 0.6) is 0 Å². The molecular weight excluding hydrogens is 367 g/mol. The number of carbonyl (C=O) groups excluding carboxylic acids is 1. The van der Waals surface area contributed by atoms with Crippen molar-refractivity contribution in [3.63, 3.8) is 0 Å². The first-order chi connectivity index (χ1) is 11.8. The highest BCUT2D eigenvalue weighted by molar-refractivity contribution is 7.92. The van der Waals surface area contributed by atoms with Crippen LogP contribution in [-0.2, 0) is 21.2 Å². The van der Waals surface area contributed by atoms with Gasteiger partial charge in [0.25, 0.3) is 0 Å². The molecule has 2 rings (SSSR count). The molecule has 0 aliphatic carbocycles. The summed E-state index contributed by atoms with van der Waals surface area (Å²) < 4.78 is 38.2. The molecule has 0 radical (unpaired) electrons. The van der Waals surface area contributed by atoms with Gasteiger partial charge in [0.05, 0.1) is 24.9 Å². The highest BCUT2D eigenvalue weighted by atomic mass is 35.5. The third kappa shape index (κ3) is 6.03. The predicted molar refractivity (Wildman–Crippen MR) is 96.8 cm³/mol. The summed E-state index contributed by atoms with van der Waals surface area (Å²) in [6, 6.07) is 12.2. The van der Waals surface area contributed by atoms with Gasteiger partial charge in [-0.25, -0.2) is 12.8 Å². The molecule has 134 valence electrons. The average Bonchev–Trinajstić information content (AvgIpc) is 2.52. The van der Waals surface area contributed by atoms with Gasteiger partial charge in [-0.2, -0.15) is 0 Å². The van der Waals surface area contributed by atoms with Gasteiger partial charge in [0, 0.05) is 11.6 Å². The normalized spacial score (nSPS) is 11.2. The molecule has 8 heteroatoms. The van der Waals surface area contributed by atoms with Crippen molar-refractivity contribution in [3.05, 3.63) is 64.9 Å². The van der Waals surface area contributed by atoms with Gasteiger partial charge in [0.15, 0.2) is 0 Å². The van der Waals surface area contributed by atoms with Crippen LogP contribution >= 0.6 is 11.6 Å². The van der Waals surface area contributed by atoms with Crippen LogP contribution in [0.15, 0.2) is 48.5 Å². The lowest BCUT2D eigenvalue weighted by Crippen LogP contribution is -2.38. The van der Waals surface area contributed by atoms with Crippen molar-refractivity contribution in [2.24, 2.45) is 0 Å². The van der Waals surface area contributed by atoms with Crippen LogP contribution in [0, 0.1) is 5.82 Å². The fourth-order valence-electron chi connectivity index (χ4n) is 2.26. The quantitative estimate of drug-likeness (QED) is 0.798. The number of hydrogen-bond acceptors (Lipinski definition) is 3. The van der Waals surface area contributed by atoms with Crippen LogP contribution in [-0.4, -0.2) is 33.7 Å². The van der Waals surface area contributed by atoms with Crippen LogP contribution in [0.3, 0.4) is 0 Å². The Labute approximate surface area is 151 Å². The molecule has 0 aliphatic rings. The van der Waals surface area contributed by atoms with E-state index in [1.807, 2.05) is 0 Å². The molecule has 0 aliphatic heterocycles. The maximum Gasteiger partial charge on any atom is 0.232 e. The van der Waals surface area contributed by atoms with Crippen LogP contribution in [0.4, 0.5) is 10.1 Å². The monoisotopic (exact) mass is 384 g/mol. The number of anilines is 1. The molecule has 1 amide bonds. The molecule has 2 aromatic carbocycles. The fourth-order valence-corrected chi connectivity index (χ4v) is 3.31. The molecule has 0 aromatic heterocycles. The second kappa shape index (κ2) is 8.31. The Morgan fingerprint density at radius 2 is 1.88 bits per heavy atom. The molecule has 1 N–H and O–H groups in total. The number of nitrogens with zero attached hydrogens (tertiary/aromatic N) is 1. The average molecular weight is 385 g/mol. The SMILES string of the molecule is CS(=O)(=O)N(CCNC(=O)Cc1ccc(Cl)cc1)c1cccc(F)c1. The zero-order chi connectivity index (χ0) is 18.4. The molecular formula is C17H18ClFN2O3S. The maximum atomic E-state index is 13.3. The number of halogens is 2. The molecule has 0 spiro atoms. The van der Waals surface area contributed by atoms with E-state index in [1.165, 1.54) is 18.2 Å². The van der Waals surface area contributed by atoms with Crippen molar-refractivity contribution >= 4 is 33.2 Å². The molecule has 0 atom stereocenters. The van der Waals surface area contributed by atoms with E-state index in [4.69, 9.17) is 11.6 Å². The number of hydrogen-bond donors (Lipinski definition) is 1. The Morgan fingerprint density at radius 1 is 1.20 bits per heavy atom. The van der Waals surface area contributed by atoms with Crippen molar-refractivity contribution in [2.45, 2.75) is 6.42 Å². The minimum absolute atomic E-state index is 0.00858. The summed E-state index contributed by atoms with van der Waals surface area (Å²) in [6.45, 7) is 0.116. The van der Waals surface area contributed by atoms with Gasteiger partial charge >= 0.3 is 0 Å². The van der Waals surface area contributed by atoms with Crippen molar-refractivity contribution < 1.29 is 17.6 Å². The van der Waals surface area contributed by atoms with E-state index in [1.54, 1.807) is 24.3 Å². The van der Waals surface area contributed by atoms with Crippen LogP contribution in [0.2, 0.25) is 5.02 Å². The second-order valence-corrected chi connectivity index (χ2v) is 7.81. The summed E-state index contributed by atoms with van der Waals surface area (Å²) in [4.78, 5) is 11.9. The summed E-state index contributed by atoms with van der Waals surface area (Å²) >= 11 is 5.79. The lowest BCUT2D eigenvalue weighted by Gasteiger charge is -2.22. The van der Waals surface area contributed by atoms with E-state index in [0.717, 1.165) is 22.2 Å². The van der Waals surface area contributed by atoms with E-state index < -0.39 is 15.8 Å². The maximum absolute atomic E-state index is 13.3. The van der Waals surface area contributed by atoms with Gasteiger partial charge in [-0.15, -0.1) is 0 Å². The molecule has 0 saturated heterocycles. The Kier molecular flexibility index (Phi) is 6.39. The van der Waals surface area contributed by atoms with Crippen molar-refractivity contribution in [1.29, 1.82) is 0 Å². The van der Waals surface area contributed by atoms with Gasteiger partial charge in [-0.1, -0.05) is 29.8 Å². The zero-order valence-corrected chi connectivity index (χ0v) is 15.1. The van der Waals surface area contributed by atoms with E-state index >= 15 is 0 Å². The largest absolute Gasteiger partial charge is 0.354 e. The second-order valence-electron chi connectivity index (χ2n) is 5.47. The molecule has 0 heterocycles. The number of nitrogens with one attached hydrogen (secondary N) is 1. The molecule has 5 nitrogen and oxygen atoms in total. The minimum atomic E-state index is -3.60. The fraction of sp³-hybridized carbons (Fsp3) is 0.235. The van der Waals surface area contributed by atoms with Crippen molar-refractivity contribution in [2.75, 3.05) is 23.7 Å². The first-order valence-electron chi connectivity index (χ1n) is 7.50. The molecule has 0 fully saturated rings. The first-order valence-corrected chi connectivity index (χ1v) is 9.73. The first kappa shape index (κ1) is 19.2. The van der Waals surface area contributed by atoms with Gasteiger partial charge in [-0.05, 0) is 35.9 Å². The van der Waals surface area contributed by atoms with Gasteiger partial charge in [0.2, 0.25) is 15.9 Å². The number of benzene rings is 2. The van der Waals surface area contributed by atoms with E-state index in [2.05, 4.69) is 5.32 Å². The summed E-state index contributed by atoms with van der Waals surface area (Å²) in [6.07, 6.45) is 1.20. The van der Waals surface area contributed by atoms with Crippen molar-refractivity contribution in [3.8, 4) is 0 Å². The summed E-state index contributed by atoms with van der Waals surface area (Å²) in [5, 5.41) is 3.25. The van der Waals surface area contributed by atoms with E-state index in [-0.39, 0.29) is 31.1 Å². The summed E-state index contributed by atoms with van der Waals surface area (Å²) in [7, 11) is -3.60. The minimum Gasteiger partial charge on any atom is -0.354 e. The molecule has 0 saturated carbocycles. The smallest absolute Gasteiger partial charge is 0.232 e. The highest BCUT2D eigenvalue weighted by Crippen LogP contribution is 2.18. The highest BCUT2D eigenvalue weighted by Gasteiger charge is 2.17. The number of amides is 1. The van der Waals surface area contributed by atoms with Crippen LogP contribution in [0.1, 0.15) is 5.56 Å². The third-order valence-corrected chi connectivity index (χ3v) is 4.86. The Hall–Kier alpha value is -2.12. The molecule has 2 aromatic rings. The number of rotatable bonds is 7. The summed E-state index contributed by atoms with van der Waals surface area (Å²) in [5.41, 5.74) is 1.02. The van der Waals surface area contributed by atoms with E-state index in [0.29, 0.717) is 5.02 Å². The standard InChI is InChI=1S/C17H18ClFN2O3S/c1-25(23,24)21(16-4-2-3-15(19)12-16)10-9-20-17(22)11-13-5-7-14(18)8-6-13/h2-8,12H,9-11H2,1H3,(H,20,22). The summed E-state index contributed by atoms with van der Waals surface area (Å²) in [5.74, 6) is -0.770. The number of carbonyl (C=O) groups is 1. The predicted octanol–water partition coefficient (Wildman–Crippen LogP) is 2.60. The van der Waals surface area contributed by atoms with Crippen LogP contribution < -0.4 is 9.62 Å². The molecule has 0 bridgehead atoms. The zero-order valence-electron chi connectivity index (χ0n) is 13.6. The Balaban J connectivity index is 1.95. The van der Waals surface area contributed by atoms with Crippen LogP contribution in [0.25, 0.3) is 0 Å². The topological polar surface area (TPSA) is 66.5 Å². The van der Waals surface area contributed by atoms with Crippen molar-refractivity contribution in [1.82, 2.24) is 5.32 Å². The lowest BCUT2D eigenvalue weighted by molar-refractivity contribution is -0.120. The van der Waals surface area contributed by atoms with Gasteiger partial charge in [0.1, 0.15) is 5.82 Å². The third-order valence-electron chi connectivity index (χ3n) is 3.41. The van der Waals surface area contributed by atoms with E-state index in [9.17, 15) is 17.6 Å². The van der Waals surface area contributed by atoms with Gasteiger partial charge in [-0.3, -0.25) is 9.10 Å². The van der Waals surface area contributed by atoms with Gasteiger partial charge < -0.3 is 5.32 Å². The lowest BCUT2D eigenvalue weighted by atomic mass is 10.1.